The van der Waals surface area contributed by atoms with E-state index in [1.807, 2.05) is 12.2 Å². The van der Waals surface area contributed by atoms with E-state index in [1.165, 1.54) is 19.2 Å². The number of carbonyl (C=O) groups is 1. The summed E-state index contributed by atoms with van der Waals surface area (Å²) in [5.41, 5.74) is 2.19. The van der Waals surface area contributed by atoms with Crippen molar-refractivity contribution >= 4 is 17.2 Å². The molecule has 5 nitrogen and oxygen atoms in total. The van der Waals surface area contributed by atoms with Crippen LogP contribution in [0.4, 0.5) is 5.69 Å². The Morgan fingerprint density at radius 2 is 2.00 bits per heavy atom. The molecule has 0 unspecified atom stereocenters. The first-order chi connectivity index (χ1) is 9.13. The van der Waals surface area contributed by atoms with E-state index in [0.29, 0.717) is 12.0 Å². The second kappa shape index (κ2) is 5.48. The number of ether oxygens (including phenoxy) is 1. The number of non-ortho nitro benzene ring substituents is 1. The van der Waals surface area contributed by atoms with E-state index in [2.05, 4.69) is 0 Å². The van der Waals surface area contributed by atoms with Gasteiger partial charge in [-0.3, -0.25) is 10.1 Å². The molecule has 1 aromatic rings. The molecule has 2 rings (SSSR count). The summed E-state index contributed by atoms with van der Waals surface area (Å²) >= 11 is 0. The number of benzene rings is 1. The molecule has 0 bridgehead atoms. The van der Waals surface area contributed by atoms with Crippen molar-refractivity contribution in [1.29, 1.82) is 0 Å². The van der Waals surface area contributed by atoms with Crippen LogP contribution < -0.4 is 0 Å². The van der Waals surface area contributed by atoms with Gasteiger partial charge in [-0.2, -0.15) is 0 Å². The molecular formula is C14H13NO4. The van der Waals surface area contributed by atoms with Crippen molar-refractivity contribution in [1.82, 2.24) is 0 Å². The van der Waals surface area contributed by atoms with Gasteiger partial charge in [0.15, 0.2) is 0 Å². The first-order valence-electron chi connectivity index (χ1n) is 5.86. The molecule has 1 aromatic carbocycles. The third-order valence-corrected chi connectivity index (χ3v) is 2.99. The number of carbonyl (C=O) groups excluding carboxylic acids is 1. The molecule has 0 spiro atoms. The van der Waals surface area contributed by atoms with Crippen molar-refractivity contribution in [3.63, 3.8) is 0 Å². The summed E-state index contributed by atoms with van der Waals surface area (Å²) in [6.07, 6.45) is 5.25. The second-order valence-electron chi connectivity index (χ2n) is 4.13. The maximum atomic E-state index is 11.7. The van der Waals surface area contributed by atoms with E-state index in [1.54, 1.807) is 12.1 Å². The normalized spacial score (nSPS) is 14.4. The molecule has 0 saturated heterocycles. The molecule has 1 aliphatic carbocycles. The Morgan fingerprint density at radius 1 is 1.32 bits per heavy atom. The van der Waals surface area contributed by atoms with Gasteiger partial charge in [-0.05, 0) is 36.1 Å². The van der Waals surface area contributed by atoms with Gasteiger partial charge in [-0.1, -0.05) is 12.2 Å². The summed E-state index contributed by atoms with van der Waals surface area (Å²) in [6.45, 7) is 0. The third kappa shape index (κ3) is 2.70. The molecule has 0 amide bonds. The zero-order chi connectivity index (χ0) is 13.8. The fourth-order valence-corrected chi connectivity index (χ4v) is 2.03. The maximum absolute atomic E-state index is 11.7. The van der Waals surface area contributed by atoms with Gasteiger partial charge in [0.2, 0.25) is 0 Å². The first kappa shape index (κ1) is 13.0. The lowest BCUT2D eigenvalue weighted by molar-refractivity contribution is -0.384. The number of nitro benzene ring substituents is 1. The van der Waals surface area contributed by atoms with Crippen molar-refractivity contribution in [2.45, 2.75) is 12.8 Å². The summed E-state index contributed by atoms with van der Waals surface area (Å²) in [4.78, 5) is 21.9. The summed E-state index contributed by atoms with van der Waals surface area (Å²) in [6, 6.07) is 6.15. The Morgan fingerprint density at radius 3 is 2.58 bits per heavy atom. The van der Waals surface area contributed by atoms with Gasteiger partial charge in [0, 0.05) is 17.7 Å². The van der Waals surface area contributed by atoms with Crippen molar-refractivity contribution in [2.75, 3.05) is 7.11 Å². The van der Waals surface area contributed by atoms with Crippen LogP contribution in [0.2, 0.25) is 0 Å². The molecular weight excluding hydrogens is 246 g/mol. The second-order valence-corrected chi connectivity index (χ2v) is 4.13. The van der Waals surface area contributed by atoms with Gasteiger partial charge in [0.25, 0.3) is 5.69 Å². The Labute approximate surface area is 110 Å². The molecule has 0 atom stereocenters. The monoisotopic (exact) mass is 259 g/mol. The van der Waals surface area contributed by atoms with Gasteiger partial charge < -0.3 is 4.74 Å². The quantitative estimate of drug-likeness (QED) is 0.475. The SMILES string of the molecule is COC(=O)C1=C(c2ccc([N+](=O)[O-])cc2)C=CCC1. The fraction of sp³-hybridized carbons (Fsp3) is 0.214. The number of rotatable bonds is 3. The number of hydrogen-bond donors (Lipinski definition) is 0. The lowest BCUT2D eigenvalue weighted by atomic mass is 9.92. The number of nitrogens with zero attached hydrogens (tertiary/aromatic N) is 1. The number of esters is 1. The zero-order valence-electron chi connectivity index (χ0n) is 10.5. The predicted molar refractivity (Wildman–Crippen MR) is 70.4 cm³/mol. The largest absolute Gasteiger partial charge is 0.466 e. The molecule has 98 valence electrons. The average Bonchev–Trinajstić information content (AvgIpc) is 2.46. The first-order valence-corrected chi connectivity index (χ1v) is 5.86. The maximum Gasteiger partial charge on any atom is 0.334 e. The van der Waals surface area contributed by atoms with Crippen molar-refractivity contribution in [2.24, 2.45) is 0 Å². The van der Waals surface area contributed by atoms with Crippen LogP contribution in [-0.2, 0) is 9.53 Å². The van der Waals surface area contributed by atoms with Crippen LogP contribution in [0.15, 0.2) is 42.0 Å². The van der Waals surface area contributed by atoms with Crippen LogP contribution in [0.3, 0.4) is 0 Å². The minimum atomic E-state index is -0.448. The highest BCUT2D eigenvalue weighted by atomic mass is 16.6. The predicted octanol–water partition coefficient (Wildman–Crippen LogP) is 2.87. The van der Waals surface area contributed by atoms with Crippen molar-refractivity contribution < 1.29 is 14.5 Å². The molecule has 0 heterocycles. The highest BCUT2D eigenvalue weighted by Gasteiger charge is 2.18. The molecule has 1 aliphatic rings. The highest BCUT2D eigenvalue weighted by molar-refractivity contribution is 6.00. The van der Waals surface area contributed by atoms with E-state index in [9.17, 15) is 14.9 Å². The molecule has 0 aromatic heterocycles. The van der Waals surface area contributed by atoms with E-state index in [4.69, 9.17) is 4.74 Å². The van der Waals surface area contributed by atoms with Crippen LogP contribution >= 0.6 is 0 Å². The summed E-state index contributed by atoms with van der Waals surface area (Å²) in [5.74, 6) is -0.349. The van der Waals surface area contributed by atoms with Gasteiger partial charge in [0.1, 0.15) is 0 Å². The van der Waals surface area contributed by atoms with Crippen LogP contribution in [0.1, 0.15) is 18.4 Å². The van der Waals surface area contributed by atoms with Gasteiger partial charge in [-0.15, -0.1) is 0 Å². The van der Waals surface area contributed by atoms with Crippen LogP contribution in [0.25, 0.3) is 5.57 Å². The van der Waals surface area contributed by atoms with Crippen LogP contribution in [-0.4, -0.2) is 18.0 Å². The smallest absolute Gasteiger partial charge is 0.334 e. The van der Waals surface area contributed by atoms with Gasteiger partial charge in [0.05, 0.1) is 12.0 Å². The number of methoxy groups -OCH3 is 1. The number of hydrogen-bond acceptors (Lipinski definition) is 4. The molecule has 0 aliphatic heterocycles. The minimum absolute atomic E-state index is 0.0313. The molecule has 0 saturated carbocycles. The third-order valence-electron chi connectivity index (χ3n) is 2.99. The van der Waals surface area contributed by atoms with Crippen LogP contribution in [0.5, 0.6) is 0 Å². The summed E-state index contributed by atoms with van der Waals surface area (Å²) in [5, 5.41) is 10.6. The zero-order valence-corrected chi connectivity index (χ0v) is 10.5. The van der Waals surface area contributed by atoms with E-state index >= 15 is 0 Å². The van der Waals surface area contributed by atoms with E-state index < -0.39 is 4.92 Å². The van der Waals surface area contributed by atoms with Crippen molar-refractivity contribution in [3.05, 3.63) is 57.7 Å². The molecule has 0 fully saturated rings. The Bertz CT molecular complexity index is 570. The summed E-state index contributed by atoms with van der Waals surface area (Å²) < 4.78 is 4.76. The minimum Gasteiger partial charge on any atom is -0.466 e. The molecule has 5 heteroatoms. The Kier molecular flexibility index (Phi) is 3.75. The Hall–Kier alpha value is -2.43. The number of allylic oxidation sites excluding steroid dienone is 3. The molecule has 0 radical (unpaired) electrons. The lowest BCUT2D eigenvalue weighted by Crippen LogP contribution is -2.09. The van der Waals surface area contributed by atoms with Gasteiger partial charge in [-0.25, -0.2) is 4.79 Å². The number of nitro groups is 1. The lowest BCUT2D eigenvalue weighted by Gasteiger charge is -2.14. The molecule has 19 heavy (non-hydrogen) atoms. The van der Waals surface area contributed by atoms with E-state index in [0.717, 1.165) is 17.6 Å². The average molecular weight is 259 g/mol. The topological polar surface area (TPSA) is 69.4 Å². The standard InChI is InChI=1S/C14H13NO4/c1-19-14(16)13-5-3-2-4-12(13)10-6-8-11(9-7-10)15(17)18/h2,4,6-9H,3,5H2,1H3. The van der Waals surface area contributed by atoms with Crippen molar-refractivity contribution in [3.8, 4) is 0 Å². The van der Waals surface area contributed by atoms with Crippen LogP contribution in [0, 0.1) is 10.1 Å². The highest BCUT2D eigenvalue weighted by Crippen LogP contribution is 2.29. The van der Waals surface area contributed by atoms with Gasteiger partial charge >= 0.3 is 5.97 Å². The Balaban J connectivity index is 2.42. The fourth-order valence-electron chi connectivity index (χ4n) is 2.03. The summed E-state index contributed by atoms with van der Waals surface area (Å²) in [7, 11) is 1.35. The molecule has 0 N–H and O–H groups in total. The van der Waals surface area contributed by atoms with E-state index in [-0.39, 0.29) is 11.7 Å².